The number of amides is 1. The maximum absolute atomic E-state index is 12.9. The quantitative estimate of drug-likeness (QED) is 0.509. The molecule has 180 valence electrons. The van der Waals surface area contributed by atoms with Crippen molar-refractivity contribution in [3.63, 3.8) is 0 Å². The third kappa shape index (κ3) is 5.21. The zero-order valence-electron chi connectivity index (χ0n) is 19.7. The number of nitrogens with zero attached hydrogens (tertiary/aromatic N) is 1. The van der Waals surface area contributed by atoms with Crippen LogP contribution in [0, 0.1) is 0 Å². The molecule has 1 fully saturated rings. The topological polar surface area (TPSA) is 67.9 Å². The van der Waals surface area contributed by atoms with Crippen molar-refractivity contribution in [3.8, 4) is 11.5 Å². The summed E-state index contributed by atoms with van der Waals surface area (Å²) in [7, 11) is 1.57. The number of piperidine rings is 1. The van der Waals surface area contributed by atoms with Gasteiger partial charge in [-0.2, -0.15) is 0 Å². The second kappa shape index (κ2) is 10.1. The Morgan fingerprint density at radius 3 is 2.54 bits per heavy atom. The van der Waals surface area contributed by atoms with Crippen LogP contribution >= 0.6 is 11.8 Å². The smallest absolute Gasteiger partial charge is 0.238 e. The molecule has 2 heterocycles. The molecule has 0 bridgehead atoms. The number of nitrogens with one attached hydrogen (secondary N) is 1. The minimum Gasteiger partial charge on any atom is -0.496 e. The van der Waals surface area contributed by atoms with E-state index in [0.717, 1.165) is 15.5 Å². The number of fused-ring (bicyclic) bond motifs is 1. The Bertz CT molecular complexity index is 1220. The first-order valence-electron chi connectivity index (χ1n) is 11.8. The van der Waals surface area contributed by atoms with Crippen molar-refractivity contribution in [2.45, 2.75) is 34.7 Å². The summed E-state index contributed by atoms with van der Waals surface area (Å²) in [5.74, 6) is 1.17. The summed E-state index contributed by atoms with van der Waals surface area (Å²) in [5, 5.41) is 3.08. The van der Waals surface area contributed by atoms with E-state index in [2.05, 4.69) is 22.3 Å². The van der Waals surface area contributed by atoms with Gasteiger partial charge in [-0.15, -0.1) is 0 Å². The summed E-state index contributed by atoms with van der Waals surface area (Å²) in [4.78, 5) is 30.1. The summed E-state index contributed by atoms with van der Waals surface area (Å²) < 4.78 is 11.7. The Morgan fingerprint density at radius 2 is 1.77 bits per heavy atom. The van der Waals surface area contributed by atoms with Crippen LogP contribution in [-0.2, 0) is 4.79 Å². The molecule has 7 heteroatoms. The third-order valence-corrected chi connectivity index (χ3v) is 7.65. The SMILES string of the molecule is COc1cccc2c1C(=O)CC1(CCN(CC(=O)Nc3ccccc3Sc3ccccc3)CC1)O2. The predicted molar refractivity (Wildman–Crippen MR) is 137 cm³/mol. The predicted octanol–water partition coefficient (Wildman–Crippen LogP) is 5.28. The number of rotatable bonds is 6. The van der Waals surface area contributed by atoms with Crippen molar-refractivity contribution in [1.29, 1.82) is 0 Å². The summed E-state index contributed by atoms with van der Waals surface area (Å²) in [6.07, 6.45) is 1.73. The van der Waals surface area contributed by atoms with Gasteiger partial charge >= 0.3 is 0 Å². The Morgan fingerprint density at radius 1 is 1.03 bits per heavy atom. The standard InChI is InChI=1S/C28H28N2O4S/c1-33-23-11-7-12-24-27(23)22(31)18-28(34-24)14-16-30(17-15-28)19-26(32)29-21-10-5-6-13-25(21)35-20-8-3-2-4-9-20/h2-13H,14-19H2,1H3,(H,29,32). The minimum atomic E-state index is -0.512. The molecule has 0 unspecified atom stereocenters. The molecule has 5 rings (SSSR count). The van der Waals surface area contributed by atoms with E-state index >= 15 is 0 Å². The molecule has 1 saturated heterocycles. The van der Waals surface area contributed by atoms with Crippen molar-refractivity contribution in [2.75, 3.05) is 32.1 Å². The number of anilines is 1. The van der Waals surface area contributed by atoms with E-state index < -0.39 is 5.60 Å². The number of carbonyl (C=O) groups is 2. The summed E-state index contributed by atoms with van der Waals surface area (Å²) >= 11 is 1.63. The maximum Gasteiger partial charge on any atom is 0.238 e. The average Bonchev–Trinajstić information content (AvgIpc) is 2.87. The first-order chi connectivity index (χ1) is 17.0. The number of ether oxygens (including phenoxy) is 2. The van der Waals surface area contributed by atoms with Crippen LogP contribution in [0.4, 0.5) is 5.69 Å². The Hall–Kier alpha value is -3.29. The molecule has 0 saturated carbocycles. The number of hydrogen-bond acceptors (Lipinski definition) is 6. The fraction of sp³-hybridized carbons (Fsp3) is 0.286. The lowest BCUT2D eigenvalue weighted by Crippen LogP contribution is -2.52. The normalized spacial score (nSPS) is 16.9. The van der Waals surface area contributed by atoms with Gasteiger partial charge in [0.05, 0.1) is 25.8 Å². The van der Waals surface area contributed by atoms with Crippen LogP contribution in [0.2, 0.25) is 0 Å². The van der Waals surface area contributed by atoms with E-state index in [-0.39, 0.29) is 11.7 Å². The first kappa shape index (κ1) is 23.5. The van der Waals surface area contributed by atoms with E-state index in [4.69, 9.17) is 9.47 Å². The number of para-hydroxylation sites is 1. The molecule has 2 aliphatic rings. The van der Waals surface area contributed by atoms with Crippen molar-refractivity contribution < 1.29 is 19.1 Å². The second-order valence-electron chi connectivity index (χ2n) is 8.95. The van der Waals surface area contributed by atoms with Crippen LogP contribution in [0.3, 0.4) is 0 Å². The molecule has 1 amide bonds. The Kier molecular flexibility index (Phi) is 6.79. The number of Topliss-reactive ketones (excluding diaryl/α,β-unsaturated/α-hetero) is 1. The van der Waals surface area contributed by atoms with Gasteiger partial charge in [-0.3, -0.25) is 14.5 Å². The molecule has 0 aromatic heterocycles. The molecule has 0 atom stereocenters. The average molecular weight is 489 g/mol. The molecule has 0 aliphatic carbocycles. The number of methoxy groups -OCH3 is 1. The number of likely N-dealkylation sites (tertiary alicyclic amines) is 1. The van der Waals surface area contributed by atoms with Gasteiger partial charge < -0.3 is 14.8 Å². The van der Waals surface area contributed by atoms with Gasteiger partial charge in [0, 0.05) is 35.7 Å². The molecule has 3 aromatic rings. The molecule has 1 N–H and O–H groups in total. The highest BCUT2D eigenvalue weighted by Gasteiger charge is 2.44. The number of carbonyl (C=O) groups excluding carboxylic acids is 2. The van der Waals surface area contributed by atoms with Crippen LogP contribution in [0.25, 0.3) is 0 Å². The van der Waals surface area contributed by atoms with Crippen LogP contribution in [0.1, 0.15) is 29.6 Å². The van der Waals surface area contributed by atoms with Gasteiger partial charge in [0.25, 0.3) is 0 Å². The minimum absolute atomic E-state index is 0.0437. The maximum atomic E-state index is 12.9. The zero-order chi connectivity index (χ0) is 24.3. The van der Waals surface area contributed by atoms with E-state index in [1.165, 1.54) is 0 Å². The summed E-state index contributed by atoms with van der Waals surface area (Å²) in [6.45, 7) is 1.69. The van der Waals surface area contributed by atoms with Crippen molar-refractivity contribution in [2.24, 2.45) is 0 Å². The van der Waals surface area contributed by atoms with Gasteiger partial charge in [0.1, 0.15) is 22.7 Å². The monoisotopic (exact) mass is 488 g/mol. The molecular weight excluding hydrogens is 460 g/mol. The fourth-order valence-electron chi connectivity index (χ4n) is 4.76. The lowest BCUT2D eigenvalue weighted by atomic mass is 9.82. The highest BCUT2D eigenvalue weighted by molar-refractivity contribution is 7.99. The number of hydrogen-bond donors (Lipinski definition) is 1. The van der Waals surface area contributed by atoms with Crippen LogP contribution in [0.5, 0.6) is 11.5 Å². The molecule has 6 nitrogen and oxygen atoms in total. The van der Waals surface area contributed by atoms with E-state index in [0.29, 0.717) is 56.0 Å². The molecule has 2 aliphatic heterocycles. The number of benzene rings is 3. The Balaban J connectivity index is 1.19. The molecule has 1 spiro atoms. The first-order valence-corrected chi connectivity index (χ1v) is 12.6. The molecule has 0 radical (unpaired) electrons. The van der Waals surface area contributed by atoms with E-state index in [1.807, 2.05) is 54.6 Å². The van der Waals surface area contributed by atoms with Crippen LogP contribution in [-0.4, -0.2) is 48.9 Å². The fourth-order valence-corrected chi connectivity index (χ4v) is 5.68. The highest BCUT2D eigenvalue weighted by Crippen LogP contribution is 2.42. The second-order valence-corrected chi connectivity index (χ2v) is 10.1. The van der Waals surface area contributed by atoms with Gasteiger partial charge in [-0.25, -0.2) is 0 Å². The summed E-state index contributed by atoms with van der Waals surface area (Å²) in [6, 6.07) is 23.4. The van der Waals surface area contributed by atoms with Crippen molar-refractivity contribution in [3.05, 3.63) is 78.4 Å². The van der Waals surface area contributed by atoms with Crippen LogP contribution in [0.15, 0.2) is 82.6 Å². The van der Waals surface area contributed by atoms with E-state index in [9.17, 15) is 9.59 Å². The van der Waals surface area contributed by atoms with Gasteiger partial charge in [-0.05, 0) is 36.4 Å². The summed E-state index contributed by atoms with van der Waals surface area (Å²) in [5.41, 5.74) is 0.837. The molecule has 3 aromatic carbocycles. The number of ketones is 1. The van der Waals surface area contributed by atoms with Gasteiger partial charge in [-0.1, -0.05) is 48.2 Å². The highest BCUT2D eigenvalue weighted by atomic mass is 32.2. The zero-order valence-corrected chi connectivity index (χ0v) is 20.5. The lowest BCUT2D eigenvalue weighted by molar-refractivity contribution is -0.118. The van der Waals surface area contributed by atoms with Gasteiger partial charge in [0.2, 0.25) is 5.91 Å². The van der Waals surface area contributed by atoms with E-state index in [1.54, 1.807) is 24.9 Å². The lowest BCUT2D eigenvalue weighted by Gasteiger charge is -2.43. The van der Waals surface area contributed by atoms with Crippen molar-refractivity contribution >= 4 is 29.1 Å². The van der Waals surface area contributed by atoms with Gasteiger partial charge in [0.15, 0.2) is 5.78 Å². The third-order valence-electron chi connectivity index (χ3n) is 6.56. The molecular formula is C28H28N2O4S. The van der Waals surface area contributed by atoms with Crippen molar-refractivity contribution in [1.82, 2.24) is 4.90 Å². The molecule has 35 heavy (non-hydrogen) atoms. The largest absolute Gasteiger partial charge is 0.496 e. The Labute approximate surface area is 209 Å². The van der Waals surface area contributed by atoms with Crippen LogP contribution < -0.4 is 14.8 Å².